The van der Waals surface area contributed by atoms with Crippen LogP contribution in [0.5, 0.6) is 0 Å². The number of benzene rings is 2. The predicted octanol–water partition coefficient (Wildman–Crippen LogP) is 0.920. The van der Waals surface area contributed by atoms with E-state index in [0.29, 0.717) is 11.6 Å². The number of amides is 7. The average Bonchev–Trinajstić information content (AvgIpc) is 3.05. The molecule has 2 aliphatic rings. The highest BCUT2D eigenvalue weighted by molar-refractivity contribution is 6.06. The highest BCUT2D eigenvalue weighted by Gasteiger charge is 2.28. The molecule has 7 amide bonds. The Hall–Kier alpha value is -5.40. The number of piperazine rings is 1. The summed E-state index contributed by atoms with van der Waals surface area (Å²) in [6.07, 6.45) is 3.16. The molecule has 4 rings (SSSR count). The maximum absolute atomic E-state index is 12.9. The molecule has 1 fully saturated rings. The van der Waals surface area contributed by atoms with Crippen molar-refractivity contribution in [2.24, 2.45) is 5.73 Å². The van der Waals surface area contributed by atoms with Crippen molar-refractivity contribution < 1.29 is 33.5 Å². The number of carbonyl (C=O) groups is 6. The molecule has 0 aromatic heterocycles. The van der Waals surface area contributed by atoms with Crippen LogP contribution in [0.2, 0.25) is 0 Å². The first-order valence-electron chi connectivity index (χ1n) is 14.6. The van der Waals surface area contributed by atoms with Gasteiger partial charge in [0, 0.05) is 50.6 Å². The number of aryl methyl sites for hydroxylation is 1. The normalized spacial score (nSPS) is 15.1. The summed E-state index contributed by atoms with van der Waals surface area (Å²) in [6, 6.07) is 15.1. The number of para-hydroxylation sites is 1. The summed E-state index contributed by atoms with van der Waals surface area (Å²) in [5.41, 5.74) is 10.2. The van der Waals surface area contributed by atoms with E-state index in [4.69, 9.17) is 10.5 Å². The summed E-state index contributed by atoms with van der Waals surface area (Å²) in [7, 11) is 0. The van der Waals surface area contributed by atoms with Crippen LogP contribution in [0.15, 0.2) is 66.7 Å². The fourth-order valence-corrected chi connectivity index (χ4v) is 4.89. The van der Waals surface area contributed by atoms with Crippen LogP contribution >= 0.6 is 0 Å². The van der Waals surface area contributed by atoms with Gasteiger partial charge in [0.1, 0.15) is 19.2 Å². The zero-order valence-corrected chi connectivity index (χ0v) is 25.0. The zero-order chi connectivity index (χ0) is 32.3. The summed E-state index contributed by atoms with van der Waals surface area (Å²) < 4.78 is 5.34. The minimum absolute atomic E-state index is 0.140. The Labute approximate surface area is 260 Å². The van der Waals surface area contributed by atoms with Crippen LogP contribution in [-0.2, 0) is 36.9 Å². The van der Waals surface area contributed by atoms with Crippen LogP contribution in [0.1, 0.15) is 24.5 Å². The molecule has 0 spiro atoms. The van der Waals surface area contributed by atoms with Gasteiger partial charge in [0.15, 0.2) is 0 Å². The standard InChI is InChI=1S/C31H37N7O7/c1-22(33-30(43)35-16-18-36(19-17-35)31(44)45-21-23-8-3-2-4-9-23)29(42)34-38(20-26(32)39)28(41)14-13-27(40)37-15-7-11-24-10-5-6-12-25(24)37/h2-6,8-10,12-14,22H,7,11,15-21H2,1H3,(H2,32,39)(H,33,43)(H,34,42)/b14-13+/t22-/m0/s1. The Morgan fingerprint density at radius 2 is 1.58 bits per heavy atom. The number of ether oxygens (including phenoxy) is 1. The second kappa shape index (κ2) is 15.4. The number of primary amides is 1. The third-order valence-electron chi connectivity index (χ3n) is 7.33. The minimum atomic E-state index is -1.11. The monoisotopic (exact) mass is 619 g/mol. The smallest absolute Gasteiger partial charge is 0.410 e. The lowest BCUT2D eigenvalue weighted by Crippen LogP contribution is -2.58. The Morgan fingerprint density at radius 1 is 0.911 bits per heavy atom. The van der Waals surface area contributed by atoms with Crippen molar-refractivity contribution >= 4 is 41.4 Å². The molecule has 1 saturated heterocycles. The predicted molar refractivity (Wildman–Crippen MR) is 163 cm³/mol. The van der Waals surface area contributed by atoms with Gasteiger partial charge in [0.25, 0.3) is 17.7 Å². The van der Waals surface area contributed by atoms with E-state index in [1.165, 1.54) is 16.7 Å². The fraction of sp³-hybridized carbons (Fsp3) is 0.355. The maximum Gasteiger partial charge on any atom is 0.410 e. The van der Waals surface area contributed by atoms with Crippen LogP contribution in [-0.4, -0.2) is 95.9 Å². The molecule has 45 heavy (non-hydrogen) atoms. The van der Waals surface area contributed by atoms with Crippen LogP contribution < -0.4 is 21.4 Å². The van der Waals surface area contributed by atoms with E-state index < -0.39 is 48.3 Å². The van der Waals surface area contributed by atoms with Crippen molar-refractivity contribution in [3.8, 4) is 0 Å². The van der Waals surface area contributed by atoms with Crippen LogP contribution in [0.25, 0.3) is 0 Å². The number of nitrogens with two attached hydrogens (primary N) is 1. The topological polar surface area (TPSA) is 175 Å². The van der Waals surface area contributed by atoms with Gasteiger partial charge in [-0.1, -0.05) is 48.5 Å². The maximum atomic E-state index is 12.9. The molecule has 4 N–H and O–H groups in total. The quantitative estimate of drug-likeness (QED) is 0.291. The highest BCUT2D eigenvalue weighted by Crippen LogP contribution is 2.26. The van der Waals surface area contributed by atoms with Crippen molar-refractivity contribution in [2.45, 2.75) is 32.4 Å². The van der Waals surface area contributed by atoms with E-state index in [-0.39, 0.29) is 32.8 Å². The third-order valence-corrected chi connectivity index (χ3v) is 7.33. The number of hydrogen-bond acceptors (Lipinski definition) is 7. The number of hydrogen-bond donors (Lipinski definition) is 3. The lowest BCUT2D eigenvalue weighted by Gasteiger charge is -2.34. The van der Waals surface area contributed by atoms with E-state index in [1.807, 2.05) is 54.6 Å². The number of carbonyl (C=O) groups excluding carboxylic acids is 6. The molecule has 2 aromatic rings. The molecule has 0 unspecified atom stereocenters. The second-order valence-corrected chi connectivity index (χ2v) is 10.6. The van der Waals surface area contributed by atoms with Gasteiger partial charge in [-0.05, 0) is 37.0 Å². The number of nitrogens with zero attached hydrogens (tertiary/aromatic N) is 4. The summed E-state index contributed by atoms with van der Waals surface area (Å²) in [5, 5.41) is 3.23. The van der Waals surface area contributed by atoms with Crippen molar-refractivity contribution in [1.82, 2.24) is 25.6 Å². The van der Waals surface area contributed by atoms with E-state index in [9.17, 15) is 28.8 Å². The summed E-state index contributed by atoms with van der Waals surface area (Å²) >= 11 is 0. The Balaban J connectivity index is 1.25. The van der Waals surface area contributed by atoms with E-state index in [1.54, 1.807) is 4.90 Å². The van der Waals surface area contributed by atoms with Crippen molar-refractivity contribution in [2.75, 3.05) is 44.2 Å². The van der Waals surface area contributed by atoms with Gasteiger partial charge >= 0.3 is 12.1 Å². The van der Waals surface area contributed by atoms with Crippen LogP contribution in [0.3, 0.4) is 0 Å². The summed E-state index contributed by atoms with van der Waals surface area (Å²) in [5.74, 6) is -2.96. The van der Waals surface area contributed by atoms with E-state index in [0.717, 1.165) is 41.8 Å². The molecular formula is C31H37N7O7. The summed E-state index contributed by atoms with van der Waals surface area (Å²) in [4.78, 5) is 79.9. The van der Waals surface area contributed by atoms with Gasteiger partial charge in [-0.25, -0.2) is 14.6 Å². The van der Waals surface area contributed by atoms with Crippen LogP contribution in [0, 0.1) is 0 Å². The van der Waals surface area contributed by atoms with Gasteiger partial charge in [-0.2, -0.15) is 0 Å². The number of anilines is 1. The first-order valence-corrected chi connectivity index (χ1v) is 14.6. The number of hydrazine groups is 1. The molecule has 1 atom stereocenters. The van der Waals surface area contributed by atoms with Gasteiger partial charge in [0.05, 0.1) is 0 Å². The van der Waals surface area contributed by atoms with E-state index >= 15 is 0 Å². The van der Waals surface area contributed by atoms with Crippen molar-refractivity contribution in [3.63, 3.8) is 0 Å². The molecule has 238 valence electrons. The van der Waals surface area contributed by atoms with Crippen molar-refractivity contribution in [1.29, 1.82) is 0 Å². The first kappa shape index (κ1) is 32.5. The first-order chi connectivity index (χ1) is 21.6. The average molecular weight is 620 g/mol. The Bertz CT molecular complexity index is 1440. The lowest BCUT2D eigenvalue weighted by atomic mass is 10.0. The molecule has 14 nitrogen and oxygen atoms in total. The third kappa shape index (κ3) is 9.05. The molecule has 0 radical (unpaired) electrons. The SMILES string of the molecule is C[C@H](NC(=O)N1CCN(C(=O)OCc2ccccc2)CC1)C(=O)NN(CC(N)=O)C(=O)/C=C/C(=O)N1CCCc2ccccc21. The second-order valence-electron chi connectivity index (χ2n) is 10.6. The van der Waals surface area contributed by atoms with E-state index in [2.05, 4.69) is 10.7 Å². The number of nitrogens with one attached hydrogen (secondary N) is 2. The Kier molecular flexibility index (Phi) is 11.1. The molecular weight excluding hydrogens is 582 g/mol. The van der Waals surface area contributed by atoms with Crippen molar-refractivity contribution in [3.05, 3.63) is 77.9 Å². The van der Waals surface area contributed by atoms with Gasteiger partial charge < -0.3 is 30.5 Å². The minimum Gasteiger partial charge on any atom is -0.445 e. The largest absolute Gasteiger partial charge is 0.445 e. The zero-order valence-electron chi connectivity index (χ0n) is 25.0. The Morgan fingerprint density at radius 3 is 2.29 bits per heavy atom. The highest BCUT2D eigenvalue weighted by atomic mass is 16.6. The molecule has 14 heteroatoms. The van der Waals surface area contributed by atoms with Gasteiger partial charge in [-0.3, -0.25) is 24.6 Å². The molecule has 2 heterocycles. The molecule has 0 saturated carbocycles. The molecule has 0 bridgehead atoms. The molecule has 2 aliphatic heterocycles. The van der Waals surface area contributed by atoms with Crippen LogP contribution in [0.4, 0.5) is 15.3 Å². The lowest BCUT2D eigenvalue weighted by molar-refractivity contribution is -0.141. The summed E-state index contributed by atoms with van der Waals surface area (Å²) in [6.45, 7) is 2.30. The van der Waals surface area contributed by atoms with Gasteiger partial charge in [-0.15, -0.1) is 0 Å². The number of urea groups is 1. The number of rotatable bonds is 8. The molecule has 2 aromatic carbocycles. The molecule has 0 aliphatic carbocycles. The van der Waals surface area contributed by atoms with Gasteiger partial charge in [0.2, 0.25) is 5.91 Å². The number of fused-ring (bicyclic) bond motifs is 1. The fourth-order valence-electron chi connectivity index (χ4n) is 4.89.